The van der Waals surface area contributed by atoms with Gasteiger partial charge in [0.2, 0.25) is 10.0 Å². The molecule has 1 heterocycles. The van der Waals surface area contributed by atoms with Gasteiger partial charge in [0.05, 0.1) is 4.90 Å². The van der Waals surface area contributed by atoms with E-state index in [1.807, 2.05) is 19.1 Å². The summed E-state index contributed by atoms with van der Waals surface area (Å²) < 4.78 is 28.0. The largest absolute Gasteiger partial charge is 0.398 e. The van der Waals surface area contributed by atoms with Crippen LogP contribution in [0.15, 0.2) is 33.6 Å². The summed E-state index contributed by atoms with van der Waals surface area (Å²) in [4.78, 5) is 2.34. The number of hydrogen-bond acceptors (Lipinski definition) is 4. The van der Waals surface area contributed by atoms with E-state index in [2.05, 4.69) is 20.7 Å². The Bertz CT molecular complexity index is 739. The SMILES string of the molecule is Cc1ccc(CNS(=O)(=O)c2cc(Br)cc(N)c2C)s1. The molecular weight excluding hydrogens is 360 g/mol. The van der Waals surface area contributed by atoms with Crippen LogP contribution in [0.25, 0.3) is 0 Å². The molecule has 0 spiro atoms. The van der Waals surface area contributed by atoms with Crippen LogP contribution in [0, 0.1) is 13.8 Å². The fraction of sp³-hybridized carbons (Fsp3) is 0.231. The predicted octanol–water partition coefficient (Wildman–Crippen LogP) is 3.19. The molecule has 0 aliphatic heterocycles. The van der Waals surface area contributed by atoms with Crippen LogP contribution in [0.5, 0.6) is 0 Å². The van der Waals surface area contributed by atoms with E-state index in [0.717, 1.165) is 9.75 Å². The number of sulfonamides is 1. The molecule has 3 N–H and O–H groups in total. The summed E-state index contributed by atoms with van der Waals surface area (Å²) in [6, 6.07) is 7.14. The summed E-state index contributed by atoms with van der Waals surface area (Å²) in [6.45, 7) is 3.97. The molecule has 2 rings (SSSR count). The zero-order chi connectivity index (χ0) is 14.9. The molecule has 0 radical (unpaired) electrons. The van der Waals surface area contributed by atoms with E-state index in [1.54, 1.807) is 30.4 Å². The van der Waals surface area contributed by atoms with E-state index < -0.39 is 10.0 Å². The number of nitrogens with one attached hydrogen (secondary N) is 1. The first-order valence-corrected chi connectivity index (χ1v) is 8.99. The van der Waals surface area contributed by atoms with Crippen molar-refractivity contribution in [1.82, 2.24) is 4.72 Å². The summed E-state index contributed by atoms with van der Waals surface area (Å²) in [5.74, 6) is 0. The lowest BCUT2D eigenvalue weighted by atomic mass is 10.2. The van der Waals surface area contributed by atoms with Gasteiger partial charge in [-0.15, -0.1) is 11.3 Å². The van der Waals surface area contributed by atoms with Crippen LogP contribution < -0.4 is 10.5 Å². The second-order valence-electron chi connectivity index (χ2n) is 4.46. The van der Waals surface area contributed by atoms with Crippen LogP contribution in [0.2, 0.25) is 0 Å². The lowest BCUT2D eigenvalue weighted by Crippen LogP contribution is -2.24. The van der Waals surface area contributed by atoms with Crippen LogP contribution in [0.1, 0.15) is 15.3 Å². The summed E-state index contributed by atoms with van der Waals surface area (Å²) in [7, 11) is -3.58. The molecule has 0 bridgehead atoms. The highest BCUT2D eigenvalue weighted by Crippen LogP contribution is 2.26. The minimum atomic E-state index is -3.58. The Morgan fingerprint density at radius 2 is 2.00 bits per heavy atom. The van der Waals surface area contributed by atoms with Crippen molar-refractivity contribution in [2.24, 2.45) is 0 Å². The molecule has 0 fully saturated rings. The van der Waals surface area contributed by atoms with Gasteiger partial charge in [-0.1, -0.05) is 15.9 Å². The maximum Gasteiger partial charge on any atom is 0.241 e. The Morgan fingerprint density at radius 3 is 2.60 bits per heavy atom. The van der Waals surface area contributed by atoms with E-state index >= 15 is 0 Å². The number of rotatable bonds is 4. The second-order valence-corrected chi connectivity index (χ2v) is 8.48. The molecule has 0 saturated carbocycles. The van der Waals surface area contributed by atoms with Gasteiger partial charge in [-0.3, -0.25) is 0 Å². The molecule has 1 aromatic heterocycles. The van der Waals surface area contributed by atoms with Crippen LogP contribution in [-0.4, -0.2) is 8.42 Å². The van der Waals surface area contributed by atoms with Crippen molar-refractivity contribution in [3.05, 3.63) is 44.1 Å². The molecule has 1 aromatic carbocycles. The number of nitrogen functional groups attached to an aromatic ring is 1. The van der Waals surface area contributed by atoms with Crippen molar-refractivity contribution in [2.75, 3.05) is 5.73 Å². The number of halogens is 1. The predicted molar refractivity (Wildman–Crippen MR) is 86.4 cm³/mol. The minimum Gasteiger partial charge on any atom is -0.398 e. The van der Waals surface area contributed by atoms with Gasteiger partial charge in [0.15, 0.2) is 0 Å². The van der Waals surface area contributed by atoms with Crippen LogP contribution in [-0.2, 0) is 16.6 Å². The lowest BCUT2D eigenvalue weighted by Gasteiger charge is -2.11. The number of hydrogen-bond donors (Lipinski definition) is 2. The fourth-order valence-electron chi connectivity index (χ4n) is 1.78. The maximum absolute atomic E-state index is 12.4. The van der Waals surface area contributed by atoms with Gasteiger partial charge in [0, 0.05) is 26.5 Å². The Morgan fingerprint density at radius 1 is 1.30 bits per heavy atom. The van der Waals surface area contributed by atoms with Gasteiger partial charge in [-0.2, -0.15) is 0 Å². The van der Waals surface area contributed by atoms with Crippen molar-refractivity contribution in [2.45, 2.75) is 25.3 Å². The molecule has 4 nitrogen and oxygen atoms in total. The molecule has 2 aromatic rings. The molecule has 0 saturated heterocycles. The highest BCUT2D eigenvalue weighted by molar-refractivity contribution is 9.10. The topological polar surface area (TPSA) is 72.2 Å². The molecule has 0 amide bonds. The van der Waals surface area contributed by atoms with Crippen molar-refractivity contribution >= 4 is 43.0 Å². The fourth-order valence-corrected chi connectivity index (χ4v) is 4.63. The highest BCUT2D eigenvalue weighted by atomic mass is 79.9. The Labute approximate surface area is 131 Å². The molecule has 20 heavy (non-hydrogen) atoms. The highest BCUT2D eigenvalue weighted by Gasteiger charge is 2.19. The smallest absolute Gasteiger partial charge is 0.241 e. The first-order valence-electron chi connectivity index (χ1n) is 5.90. The maximum atomic E-state index is 12.4. The molecule has 0 atom stereocenters. The monoisotopic (exact) mass is 374 g/mol. The summed E-state index contributed by atoms with van der Waals surface area (Å²) in [5, 5.41) is 0. The molecule has 108 valence electrons. The normalized spacial score (nSPS) is 11.8. The number of benzene rings is 1. The zero-order valence-corrected chi connectivity index (χ0v) is 14.3. The first-order chi connectivity index (χ1) is 9.29. The molecule has 0 unspecified atom stereocenters. The van der Waals surface area contributed by atoms with E-state index in [4.69, 9.17) is 5.73 Å². The first kappa shape index (κ1) is 15.5. The van der Waals surface area contributed by atoms with Crippen molar-refractivity contribution < 1.29 is 8.42 Å². The van der Waals surface area contributed by atoms with Crippen molar-refractivity contribution in [3.8, 4) is 0 Å². The van der Waals surface area contributed by atoms with Gasteiger partial charge in [-0.25, -0.2) is 13.1 Å². The van der Waals surface area contributed by atoms with Crippen LogP contribution in [0.3, 0.4) is 0 Å². The van der Waals surface area contributed by atoms with Gasteiger partial charge in [-0.05, 0) is 43.7 Å². The quantitative estimate of drug-likeness (QED) is 0.807. The van der Waals surface area contributed by atoms with E-state index in [1.165, 1.54) is 0 Å². The van der Waals surface area contributed by atoms with E-state index in [9.17, 15) is 8.42 Å². The molecule has 0 aliphatic carbocycles. The van der Waals surface area contributed by atoms with Crippen molar-refractivity contribution in [1.29, 1.82) is 0 Å². The summed E-state index contributed by atoms with van der Waals surface area (Å²) in [6.07, 6.45) is 0. The Kier molecular flexibility index (Phi) is 4.53. The zero-order valence-electron chi connectivity index (χ0n) is 11.1. The van der Waals surface area contributed by atoms with E-state index in [0.29, 0.717) is 15.7 Å². The summed E-state index contributed by atoms with van der Waals surface area (Å²) in [5.41, 5.74) is 6.82. The minimum absolute atomic E-state index is 0.206. The molecule has 7 heteroatoms. The number of anilines is 1. The third kappa shape index (κ3) is 3.41. The van der Waals surface area contributed by atoms with Gasteiger partial charge < -0.3 is 5.73 Å². The average molecular weight is 375 g/mol. The second kappa shape index (κ2) is 5.85. The Hall–Kier alpha value is -0.890. The lowest BCUT2D eigenvalue weighted by molar-refractivity contribution is 0.581. The van der Waals surface area contributed by atoms with Crippen LogP contribution in [0.4, 0.5) is 5.69 Å². The van der Waals surface area contributed by atoms with Gasteiger partial charge in [0.25, 0.3) is 0 Å². The number of aryl methyl sites for hydroxylation is 1. The number of thiophene rings is 1. The van der Waals surface area contributed by atoms with Gasteiger partial charge in [0.1, 0.15) is 0 Å². The van der Waals surface area contributed by atoms with Crippen molar-refractivity contribution in [3.63, 3.8) is 0 Å². The van der Waals surface area contributed by atoms with Crippen LogP contribution >= 0.6 is 27.3 Å². The Balaban J connectivity index is 2.27. The standard InChI is InChI=1S/C13H15BrN2O2S2/c1-8-3-4-11(19-8)7-16-20(17,18)13-6-10(14)5-12(15)9(13)2/h3-6,16H,7,15H2,1-2H3. The summed E-state index contributed by atoms with van der Waals surface area (Å²) >= 11 is 4.84. The average Bonchev–Trinajstić information content (AvgIpc) is 2.77. The third-order valence-corrected chi connectivity index (χ3v) is 5.87. The molecular formula is C13H15BrN2O2S2. The molecule has 0 aliphatic rings. The van der Waals surface area contributed by atoms with Gasteiger partial charge >= 0.3 is 0 Å². The third-order valence-electron chi connectivity index (χ3n) is 2.89. The van der Waals surface area contributed by atoms with E-state index in [-0.39, 0.29) is 11.4 Å². The number of nitrogens with two attached hydrogens (primary N) is 1.